The number of rotatable bonds is 7. The fraction of sp³-hybridized carbons (Fsp3) is 0.281. The second kappa shape index (κ2) is 12.9. The fourth-order valence-electron chi connectivity index (χ4n) is 4.99. The van der Waals surface area contributed by atoms with Gasteiger partial charge in [-0.25, -0.2) is 13.2 Å². The summed E-state index contributed by atoms with van der Waals surface area (Å²) in [7, 11) is 1.85. The Morgan fingerprint density at radius 2 is 2.12 bits per heavy atom. The SMILES string of the molecule is C=CC1CC1.C=NN1/C(=C\Cc2nc(-c3ccc4cn(C)nc4c3)c3scc(F)c3c2C=C(F)/C=C/F)CNCC1C. The van der Waals surface area contributed by atoms with E-state index in [0.29, 0.717) is 28.7 Å². The van der Waals surface area contributed by atoms with Crippen molar-refractivity contribution < 1.29 is 13.2 Å². The maximum Gasteiger partial charge on any atom is 0.142 e. The largest absolute Gasteiger partial charge is 0.309 e. The lowest BCUT2D eigenvalue weighted by atomic mass is 10.0. The zero-order chi connectivity index (χ0) is 29.8. The molecule has 6 nitrogen and oxygen atoms in total. The number of nitrogens with one attached hydrogen (secondary N) is 1. The summed E-state index contributed by atoms with van der Waals surface area (Å²) in [6, 6.07) is 5.88. The van der Waals surface area contributed by atoms with Crippen LogP contribution < -0.4 is 5.32 Å². The normalized spacial score (nSPS) is 18.6. The molecule has 1 aliphatic heterocycles. The second-order valence-corrected chi connectivity index (χ2v) is 11.3. The molecule has 42 heavy (non-hydrogen) atoms. The van der Waals surface area contributed by atoms with E-state index in [9.17, 15) is 8.78 Å². The monoisotopic (exact) mass is 590 g/mol. The summed E-state index contributed by atoms with van der Waals surface area (Å²) in [5.41, 5.74) is 3.76. The molecule has 2 aliphatic rings. The van der Waals surface area contributed by atoms with Gasteiger partial charge < -0.3 is 5.32 Å². The maximum absolute atomic E-state index is 15.2. The summed E-state index contributed by atoms with van der Waals surface area (Å²) in [5.74, 6) is -0.424. The van der Waals surface area contributed by atoms with E-state index in [2.05, 4.69) is 28.8 Å². The number of aryl methyl sites for hydroxylation is 1. The average Bonchev–Trinajstić information content (AvgIpc) is 3.64. The average molecular weight is 591 g/mol. The van der Waals surface area contributed by atoms with Crippen LogP contribution in [0.5, 0.6) is 0 Å². The summed E-state index contributed by atoms with van der Waals surface area (Å²) >= 11 is 1.20. The predicted molar refractivity (Wildman–Crippen MR) is 167 cm³/mol. The highest BCUT2D eigenvalue weighted by Gasteiger charge is 2.23. The molecule has 3 aromatic heterocycles. The smallest absolute Gasteiger partial charge is 0.142 e. The van der Waals surface area contributed by atoms with Crippen LogP contribution in [0.1, 0.15) is 31.0 Å². The van der Waals surface area contributed by atoms with Crippen LogP contribution in [0.3, 0.4) is 0 Å². The van der Waals surface area contributed by atoms with E-state index in [1.165, 1.54) is 29.6 Å². The Morgan fingerprint density at radius 3 is 2.81 bits per heavy atom. The molecule has 6 rings (SSSR count). The third-order valence-electron chi connectivity index (χ3n) is 7.28. The van der Waals surface area contributed by atoms with Crippen molar-refractivity contribution in [3.8, 4) is 11.3 Å². The van der Waals surface area contributed by atoms with E-state index in [1.54, 1.807) is 4.68 Å². The molecule has 1 aliphatic carbocycles. The van der Waals surface area contributed by atoms with Gasteiger partial charge in [0.1, 0.15) is 11.6 Å². The number of hydrogen-bond acceptors (Lipinski definition) is 6. The van der Waals surface area contributed by atoms with Crippen LogP contribution in [0.25, 0.3) is 38.3 Å². The molecule has 4 aromatic rings. The summed E-state index contributed by atoms with van der Waals surface area (Å²) < 4.78 is 44.7. The van der Waals surface area contributed by atoms with Crippen LogP contribution >= 0.6 is 11.3 Å². The zero-order valence-corrected chi connectivity index (χ0v) is 24.5. The highest BCUT2D eigenvalue weighted by molar-refractivity contribution is 7.17. The molecule has 10 heteroatoms. The van der Waals surface area contributed by atoms with E-state index >= 15 is 4.39 Å². The van der Waals surface area contributed by atoms with Crippen molar-refractivity contribution in [1.29, 1.82) is 0 Å². The molecular formula is C32H33F3N6S. The summed E-state index contributed by atoms with van der Waals surface area (Å²) in [4.78, 5) is 4.92. The summed E-state index contributed by atoms with van der Waals surface area (Å²) in [6.45, 7) is 10.7. The third kappa shape index (κ3) is 6.39. The van der Waals surface area contributed by atoms with Gasteiger partial charge in [-0.2, -0.15) is 10.2 Å². The minimum absolute atomic E-state index is 0.106. The summed E-state index contributed by atoms with van der Waals surface area (Å²) in [5, 5.41) is 16.4. The molecule has 2 fully saturated rings. The van der Waals surface area contributed by atoms with Crippen molar-refractivity contribution in [1.82, 2.24) is 25.1 Å². The quantitative estimate of drug-likeness (QED) is 0.136. The van der Waals surface area contributed by atoms with Gasteiger partial charge in [-0.15, -0.1) is 17.9 Å². The lowest BCUT2D eigenvalue weighted by Crippen LogP contribution is -2.45. The molecule has 1 atom stereocenters. The topological polar surface area (TPSA) is 58.3 Å². The Kier molecular flexibility index (Phi) is 9.03. The molecule has 0 spiro atoms. The Bertz CT molecular complexity index is 1710. The minimum Gasteiger partial charge on any atom is -0.309 e. The van der Waals surface area contributed by atoms with Gasteiger partial charge in [0.2, 0.25) is 0 Å². The van der Waals surface area contributed by atoms with Crippen molar-refractivity contribution in [3.63, 3.8) is 0 Å². The summed E-state index contributed by atoms with van der Waals surface area (Å²) in [6.07, 6.45) is 10.9. The molecule has 218 valence electrons. The van der Waals surface area contributed by atoms with E-state index in [4.69, 9.17) is 4.98 Å². The lowest BCUT2D eigenvalue weighted by Gasteiger charge is -2.33. The van der Waals surface area contributed by atoms with Crippen LogP contribution in [0, 0.1) is 11.7 Å². The van der Waals surface area contributed by atoms with E-state index < -0.39 is 11.6 Å². The standard InChI is InChI=1S/C27H25F3N6S.C5H8/c1-16-12-32-13-20(36(16)31-2)6-7-23-21(11-19(29)8-9-28)25-22(30)15-37-27(25)26(33-23)17-4-5-18-14-35(3)34-24(18)10-17;1-2-5-3-4-5/h4-6,8-11,14-16,32H,2,7,12-13H2,1,3H3;2,5H,1,3-4H2/b9-8+,19-11?,20-6-;. The first-order valence-electron chi connectivity index (χ1n) is 13.8. The molecule has 1 aromatic carbocycles. The highest BCUT2D eigenvalue weighted by atomic mass is 32.1. The first-order chi connectivity index (χ1) is 20.3. The first-order valence-corrected chi connectivity index (χ1v) is 14.7. The molecule has 1 saturated carbocycles. The number of fused-ring (bicyclic) bond motifs is 2. The minimum atomic E-state index is -0.838. The lowest BCUT2D eigenvalue weighted by molar-refractivity contribution is 0.236. The zero-order valence-electron chi connectivity index (χ0n) is 23.7. The number of benzene rings is 1. The first kappa shape index (κ1) is 29.5. The number of thiophene rings is 1. The van der Waals surface area contributed by atoms with Gasteiger partial charge in [0.25, 0.3) is 0 Å². The number of hydrazone groups is 1. The van der Waals surface area contributed by atoms with Gasteiger partial charge in [-0.1, -0.05) is 24.3 Å². The number of nitrogens with zero attached hydrogens (tertiary/aromatic N) is 5. The van der Waals surface area contributed by atoms with Crippen LogP contribution in [-0.4, -0.2) is 45.6 Å². The van der Waals surface area contributed by atoms with E-state index in [1.807, 2.05) is 55.5 Å². The molecule has 1 N–H and O–H groups in total. The third-order valence-corrected chi connectivity index (χ3v) is 8.24. The van der Waals surface area contributed by atoms with Crippen molar-refractivity contribution in [2.24, 2.45) is 18.1 Å². The van der Waals surface area contributed by atoms with Gasteiger partial charge in [-0.05, 0) is 37.8 Å². The number of pyridine rings is 1. The fourth-order valence-corrected chi connectivity index (χ4v) is 5.93. The number of aromatic nitrogens is 3. The molecule has 0 amide bonds. The van der Waals surface area contributed by atoms with Gasteiger partial charge in [-0.3, -0.25) is 14.7 Å². The number of allylic oxidation sites excluding steroid dienone is 4. The van der Waals surface area contributed by atoms with E-state index in [-0.39, 0.29) is 29.7 Å². The van der Waals surface area contributed by atoms with Gasteiger partial charge in [0.15, 0.2) is 0 Å². The number of piperazine rings is 1. The van der Waals surface area contributed by atoms with Crippen molar-refractivity contribution in [2.75, 3.05) is 13.1 Å². The molecule has 1 saturated heterocycles. The maximum atomic E-state index is 15.2. The van der Waals surface area contributed by atoms with Crippen LogP contribution in [0.2, 0.25) is 0 Å². The molecule has 0 bridgehead atoms. The Balaban J connectivity index is 0.000000639. The van der Waals surface area contributed by atoms with Crippen LogP contribution in [0.15, 0.2) is 77.5 Å². The Morgan fingerprint density at radius 1 is 1.31 bits per heavy atom. The van der Waals surface area contributed by atoms with Crippen molar-refractivity contribution >= 4 is 45.1 Å². The Labute approximate surface area is 247 Å². The van der Waals surface area contributed by atoms with Gasteiger partial charge >= 0.3 is 0 Å². The predicted octanol–water partition coefficient (Wildman–Crippen LogP) is 7.70. The van der Waals surface area contributed by atoms with E-state index in [0.717, 1.165) is 40.7 Å². The van der Waals surface area contributed by atoms with Gasteiger partial charge in [0.05, 0.1) is 34.0 Å². The van der Waals surface area contributed by atoms with Crippen molar-refractivity contribution in [2.45, 2.75) is 32.2 Å². The molecule has 4 heterocycles. The number of halogens is 3. The Hall–Kier alpha value is -4.02. The number of hydrogen-bond donors (Lipinski definition) is 1. The van der Waals surface area contributed by atoms with Crippen molar-refractivity contribution in [3.05, 3.63) is 89.5 Å². The van der Waals surface area contributed by atoms with Gasteiger partial charge in [0, 0.05) is 78.5 Å². The highest BCUT2D eigenvalue weighted by Crippen LogP contribution is 2.39. The second-order valence-electron chi connectivity index (χ2n) is 10.4. The molecular weight excluding hydrogens is 557 g/mol. The van der Waals surface area contributed by atoms with Crippen LogP contribution in [-0.2, 0) is 13.5 Å². The molecule has 1 unspecified atom stereocenters. The van der Waals surface area contributed by atoms with Crippen LogP contribution in [0.4, 0.5) is 13.2 Å². The molecule has 0 radical (unpaired) electrons.